The number of nitrogen functional groups attached to an aromatic ring is 1. The van der Waals surface area contributed by atoms with Crippen LogP contribution >= 0.6 is 23.7 Å². The van der Waals surface area contributed by atoms with Crippen molar-refractivity contribution in [3.8, 4) is 10.4 Å². The van der Waals surface area contributed by atoms with Crippen LogP contribution in [0.1, 0.15) is 4.88 Å². The first-order valence-corrected chi connectivity index (χ1v) is 6.58. The molecule has 2 heterocycles. The van der Waals surface area contributed by atoms with Gasteiger partial charge in [0.2, 0.25) is 0 Å². The maximum atomic E-state index is 11.4. The zero-order valence-electron chi connectivity index (χ0n) is 10.4. The quantitative estimate of drug-likeness (QED) is 0.729. The number of H-pyrrole nitrogens is 1. The van der Waals surface area contributed by atoms with Gasteiger partial charge in [0.15, 0.2) is 0 Å². The van der Waals surface area contributed by atoms with E-state index in [2.05, 4.69) is 16.3 Å². The number of halogens is 1. The van der Waals surface area contributed by atoms with Crippen molar-refractivity contribution in [1.29, 1.82) is 0 Å². The molecule has 3 N–H and O–H groups in total. The third kappa shape index (κ3) is 2.92. The molecule has 0 aliphatic rings. The Bertz CT molecular complexity index is 744. The summed E-state index contributed by atoms with van der Waals surface area (Å²) in [6, 6.07) is 11.8. The molecule has 0 saturated carbocycles. The van der Waals surface area contributed by atoms with Gasteiger partial charge in [-0.1, -0.05) is 12.1 Å². The lowest BCUT2D eigenvalue weighted by molar-refractivity contribution is 0.772. The van der Waals surface area contributed by atoms with Gasteiger partial charge in [0, 0.05) is 15.4 Å². The summed E-state index contributed by atoms with van der Waals surface area (Å²) in [6.45, 7) is 0.537. The van der Waals surface area contributed by atoms with Gasteiger partial charge in [-0.2, -0.15) is 5.10 Å². The summed E-state index contributed by atoms with van der Waals surface area (Å²) in [4.78, 5) is 13.6. The maximum absolute atomic E-state index is 11.4. The Hall–Kier alpha value is -2.05. The average molecular weight is 309 g/mol. The fourth-order valence-electron chi connectivity index (χ4n) is 1.82. The molecule has 5 nitrogen and oxygen atoms in total. The second-order valence-corrected chi connectivity index (χ2v) is 5.35. The highest BCUT2D eigenvalue weighted by Crippen LogP contribution is 2.28. The number of anilines is 1. The van der Waals surface area contributed by atoms with E-state index in [4.69, 9.17) is 5.73 Å². The number of aromatic amines is 1. The highest BCUT2D eigenvalue weighted by atomic mass is 35.5. The lowest BCUT2D eigenvalue weighted by Crippen LogP contribution is -2.16. The topological polar surface area (TPSA) is 76.7 Å². The van der Waals surface area contributed by atoms with Gasteiger partial charge >= 0.3 is 5.69 Å². The second-order valence-electron chi connectivity index (χ2n) is 4.18. The molecular formula is C13H13ClN4OS. The predicted octanol–water partition coefficient (Wildman–Crippen LogP) is 2.35. The van der Waals surface area contributed by atoms with Gasteiger partial charge in [-0.25, -0.2) is 9.89 Å². The molecule has 3 rings (SSSR count). The van der Waals surface area contributed by atoms with E-state index in [9.17, 15) is 4.79 Å². The molecule has 0 saturated heterocycles. The molecule has 1 aromatic carbocycles. The average Bonchev–Trinajstić information content (AvgIpc) is 3.01. The van der Waals surface area contributed by atoms with E-state index < -0.39 is 0 Å². The molecule has 7 heteroatoms. The van der Waals surface area contributed by atoms with Crippen molar-refractivity contribution in [2.24, 2.45) is 0 Å². The van der Waals surface area contributed by atoms with Crippen LogP contribution in [0.4, 0.5) is 5.69 Å². The monoisotopic (exact) mass is 308 g/mol. The largest absolute Gasteiger partial charge is 0.399 e. The number of nitrogens with zero attached hydrogens (tertiary/aromatic N) is 2. The number of hydrogen-bond acceptors (Lipinski definition) is 4. The Morgan fingerprint density at radius 1 is 1.20 bits per heavy atom. The van der Waals surface area contributed by atoms with E-state index in [0.29, 0.717) is 6.54 Å². The first kappa shape index (κ1) is 14.4. The molecule has 0 amide bonds. The zero-order chi connectivity index (χ0) is 13.2. The van der Waals surface area contributed by atoms with Crippen LogP contribution in [-0.2, 0) is 6.54 Å². The molecule has 3 aromatic rings. The first-order valence-electron chi connectivity index (χ1n) is 5.77. The fourth-order valence-corrected chi connectivity index (χ4v) is 2.83. The highest BCUT2D eigenvalue weighted by molar-refractivity contribution is 7.15. The van der Waals surface area contributed by atoms with Crippen molar-refractivity contribution in [2.45, 2.75) is 6.54 Å². The molecule has 0 bridgehead atoms. The molecule has 20 heavy (non-hydrogen) atoms. The van der Waals surface area contributed by atoms with Crippen LogP contribution in [0.15, 0.2) is 47.5 Å². The van der Waals surface area contributed by atoms with Crippen LogP contribution < -0.4 is 11.4 Å². The van der Waals surface area contributed by atoms with Crippen LogP contribution in [0, 0.1) is 0 Å². The Morgan fingerprint density at radius 2 is 1.95 bits per heavy atom. The van der Waals surface area contributed by atoms with Gasteiger partial charge in [0.05, 0.1) is 6.54 Å². The molecule has 0 unspecified atom stereocenters. The minimum Gasteiger partial charge on any atom is -0.399 e. The number of nitrogens with one attached hydrogen (secondary N) is 1. The van der Waals surface area contributed by atoms with Crippen LogP contribution in [0.5, 0.6) is 0 Å². The number of rotatable bonds is 3. The highest BCUT2D eigenvalue weighted by Gasteiger charge is 2.05. The zero-order valence-corrected chi connectivity index (χ0v) is 12.1. The van der Waals surface area contributed by atoms with E-state index in [1.165, 1.54) is 6.33 Å². The Kier molecular flexibility index (Phi) is 4.26. The summed E-state index contributed by atoms with van der Waals surface area (Å²) in [5, 5.41) is 6.09. The summed E-state index contributed by atoms with van der Waals surface area (Å²) in [5.74, 6) is 0. The third-order valence-corrected chi connectivity index (χ3v) is 3.92. The van der Waals surface area contributed by atoms with Gasteiger partial charge < -0.3 is 5.73 Å². The Labute approximate surface area is 125 Å². The Morgan fingerprint density at radius 3 is 2.60 bits per heavy atom. The summed E-state index contributed by atoms with van der Waals surface area (Å²) in [5.41, 5.74) is 7.36. The van der Waals surface area contributed by atoms with E-state index in [0.717, 1.165) is 21.0 Å². The van der Waals surface area contributed by atoms with Crippen LogP contribution in [0.3, 0.4) is 0 Å². The van der Waals surface area contributed by atoms with E-state index in [1.807, 2.05) is 30.3 Å². The Balaban J connectivity index is 0.00000147. The SMILES string of the molecule is Cl.Nc1ccc(-c2ccc(Cn3cn[nH]c3=O)s2)cc1. The summed E-state index contributed by atoms with van der Waals surface area (Å²) in [6.07, 6.45) is 1.50. The summed E-state index contributed by atoms with van der Waals surface area (Å²) < 4.78 is 1.54. The normalized spacial score (nSPS) is 10.2. The molecule has 0 fully saturated rings. The van der Waals surface area contributed by atoms with Gasteiger partial charge in [0.1, 0.15) is 6.33 Å². The molecule has 0 atom stereocenters. The summed E-state index contributed by atoms with van der Waals surface area (Å²) in [7, 11) is 0. The molecule has 0 radical (unpaired) electrons. The second kappa shape index (κ2) is 5.94. The van der Waals surface area contributed by atoms with Crippen molar-refractivity contribution in [2.75, 3.05) is 5.73 Å². The van der Waals surface area contributed by atoms with Gasteiger partial charge in [-0.15, -0.1) is 23.7 Å². The lowest BCUT2D eigenvalue weighted by Gasteiger charge is -1.98. The van der Waals surface area contributed by atoms with Crippen molar-refractivity contribution in [3.63, 3.8) is 0 Å². The van der Waals surface area contributed by atoms with Crippen molar-refractivity contribution >= 4 is 29.4 Å². The minimum atomic E-state index is -0.192. The number of thiophene rings is 1. The molecule has 0 aliphatic carbocycles. The van der Waals surface area contributed by atoms with Gasteiger partial charge in [-0.3, -0.25) is 4.57 Å². The molecule has 0 aliphatic heterocycles. The standard InChI is InChI=1S/C13H12N4OS.ClH/c14-10-3-1-9(2-4-10)12-6-5-11(19-12)7-17-8-15-16-13(17)18;/h1-6,8H,7,14H2,(H,16,18);1H. The van der Waals surface area contributed by atoms with Crippen LogP contribution in [0.25, 0.3) is 10.4 Å². The fraction of sp³-hybridized carbons (Fsp3) is 0.0769. The maximum Gasteiger partial charge on any atom is 0.343 e. The molecule has 0 spiro atoms. The van der Waals surface area contributed by atoms with Crippen LogP contribution in [-0.4, -0.2) is 14.8 Å². The van der Waals surface area contributed by atoms with Crippen molar-refractivity contribution in [3.05, 3.63) is 58.1 Å². The number of nitrogens with two attached hydrogens (primary N) is 1. The van der Waals surface area contributed by atoms with Gasteiger partial charge in [-0.05, 0) is 29.8 Å². The first-order chi connectivity index (χ1) is 9.22. The van der Waals surface area contributed by atoms with E-state index >= 15 is 0 Å². The summed E-state index contributed by atoms with van der Waals surface area (Å²) >= 11 is 1.66. The molecular weight excluding hydrogens is 296 g/mol. The smallest absolute Gasteiger partial charge is 0.343 e. The molecule has 2 aromatic heterocycles. The minimum absolute atomic E-state index is 0. The predicted molar refractivity (Wildman–Crippen MR) is 83.4 cm³/mol. The number of hydrogen-bond donors (Lipinski definition) is 2. The van der Waals surface area contributed by atoms with Crippen molar-refractivity contribution in [1.82, 2.24) is 14.8 Å². The van der Waals surface area contributed by atoms with Gasteiger partial charge in [0.25, 0.3) is 0 Å². The van der Waals surface area contributed by atoms with E-state index in [1.54, 1.807) is 15.9 Å². The third-order valence-electron chi connectivity index (χ3n) is 2.80. The van der Waals surface area contributed by atoms with Crippen molar-refractivity contribution < 1.29 is 0 Å². The molecule has 104 valence electrons. The van der Waals surface area contributed by atoms with E-state index in [-0.39, 0.29) is 18.1 Å². The van der Waals surface area contributed by atoms with Crippen LogP contribution in [0.2, 0.25) is 0 Å². The number of benzene rings is 1. The lowest BCUT2D eigenvalue weighted by atomic mass is 10.2. The number of aromatic nitrogens is 3.